The Hall–Kier alpha value is -1.03. The summed E-state index contributed by atoms with van der Waals surface area (Å²) in [6, 6.07) is 15.5. The molecule has 0 fully saturated rings. The second-order valence-corrected chi connectivity index (χ2v) is 6.06. The fraction of sp³-hybridized carbons (Fsp3) is 0.412. The molecule has 0 bridgehead atoms. The fourth-order valence-corrected chi connectivity index (χ4v) is 3.12. The van der Waals surface area contributed by atoms with E-state index in [0.29, 0.717) is 6.04 Å². The molecule has 0 aliphatic heterocycles. The van der Waals surface area contributed by atoms with Crippen LogP contribution in [0.5, 0.6) is 0 Å². The first-order chi connectivity index (χ1) is 9.85. The SMILES string of the molecule is CCCNC(CSCCO)c1ccc2ccccc2c1. The Bertz CT molecular complexity index is 529. The van der Waals surface area contributed by atoms with Crippen molar-refractivity contribution in [3.8, 4) is 0 Å². The summed E-state index contributed by atoms with van der Waals surface area (Å²) in [7, 11) is 0. The molecule has 0 aromatic heterocycles. The highest BCUT2D eigenvalue weighted by Crippen LogP contribution is 2.23. The average molecular weight is 289 g/mol. The smallest absolute Gasteiger partial charge is 0.0521 e. The van der Waals surface area contributed by atoms with Gasteiger partial charge in [0, 0.05) is 17.5 Å². The molecular formula is C17H23NOS. The van der Waals surface area contributed by atoms with Gasteiger partial charge in [0.1, 0.15) is 0 Å². The summed E-state index contributed by atoms with van der Waals surface area (Å²) in [6.07, 6.45) is 1.13. The van der Waals surface area contributed by atoms with Gasteiger partial charge in [-0.2, -0.15) is 11.8 Å². The Morgan fingerprint density at radius 2 is 1.95 bits per heavy atom. The second-order valence-electron chi connectivity index (χ2n) is 4.91. The van der Waals surface area contributed by atoms with Gasteiger partial charge in [0.2, 0.25) is 0 Å². The van der Waals surface area contributed by atoms with E-state index in [1.54, 1.807) is 11.8 Å². The minimum Gasteiger partial charge on any atom is -0.396 e. The Morgan fingerprint density at radius 3 is 2.70 bits per heavy atom. The monoisotopic (exact) mass is 289 g/mol. The molecule has 0 saturated carbocycles. The Kier molecular flexibility index (Phi) is 6.37. The highest BCUT2D eigenvalue weighted by atomic mass is 32.2. The number of rotatable bonds is 8. The third-order valence-electron chi connectivity index (χ3n) is 3.34. The van der Waals surface area contributed by atoms with E-state index in [4.69, 9.17) is 5.11 Å². The van der Waals surface area contributed by atoms with Crippen molar-refractivity contribution in [2.75, 3.05) is 24.7 Å². The van der Waals surface area contributed by atoms with Gasteiger partial charge in [-0.15, -0.1) is 0 Å². The van der Waals surface area contributed by atoms with Crippen molar-refractivity contribution >= 4 is 22.5 Å². The molecule has 2 N–H and O–H groups in total. The van der Waals surface area contributed by atoms with Crippen molar-refractivity contribution in [2.24, 2.45) is 0 Å². The number of aliphatic hydroxyl groups is 1. The minimum absolute atomic E-state index is 0.253. The molecule has 20 heavy (non-hydrogen) atoms. The lowest BCUT2D eigenvalue weighted by molar-refractivity contribution is 0.322. The van der Waals surface area contributed by atoms with Crippen LogP contribution in [0.15, 0.2) is 42.5 Å². The molecule has 1 unspecified atom stereocenters. The Labute approximate surface area is 125 Å². The topological polar surface area (TPSA) is 32.3 Å². The van der Waals surface area contributed by atoms with Crippen LogP contribution in [0, 0.1) is 0 Å². The summed E-state index contributed by atoms with van der Waals surface area (Å²) < 4.78 is 0. The molecule has 2 nitrogen and oxygen atoms in total. The third-order valence-corrected chi connectivity index (χ3v) is 4.38. The lowest BCUT2D eigenvalue weighted by Crippen LogP contribution is -2.24. The minimum atomic E-state index is 0.253. The first kappa shape index (κ1) is 15.4. The van der Waals surface area contributed by atoms with Crippen LogP contribution in [0.4, 0.5) is 0 Å². The number of aliphatic hydroxyl groups excluding tert-OH is 1. The van der Waals surface area contributed by atoms with Gasteiger partial charge in [-0.05, 0) is 35.4 Å². The first-order valence-corrected chi connectivity index (χ1v) is 8.41. The van der Waals surface area contributed by atoms with Gasteiger partial charge in [0.15, 0.2) is 0 Å². The molecule has 2 aromatic carbocycles. The zero-order chi connectivity index (χ0) is 14.2. The lowest BCUT2D eigenvalue weighted by Gasteiger charge is -2.19. The average Bonchev–Trinajstić information content (AvgIpc) is 2.50. The number of hydrogen-bond acceptors (Lipinski definition) is 3. The van der Waals surface area contributed by atoms with E-state index in [1.165, 1.54) is 16.3 Å². The van der Waals surface area contributed by atoms with E-state index in [0.717, 1.165) is 24.5 Å². The molecule has 0 amide bonds. The number of hydrogen-bond donors (Lipinski definition) is 2. The summed E-state index contributed by atoms with van der Waals surface area (Å²) in [6.45, 7) is 3.46. The molecule has 108 valence electrons. The molecule has 3 heteroatoms. The maximum atomic E-state index is 8.93. The maximum Gasteiger partial charge on any atom is 0.0521 e. The van der Waals surface area contributed by atoms with Crippen LogP contribution in [0.1, 0.15) is 24.9 Å². The van der Waals surface area contributed by atoms with E-state index in [2.05, 4.69) is 54.7 Å². The zero-order valence-corrected chi connectivity index (χ0v) is 12.8. The van der Waals surface area contributed by atoms with Crippen LogP contribution < -0.4 is 5.32 Å². The summed E-state index contributed by atoms with van der Waals surface area (Å²) >= 11 is 1.80. The lowest BCUT2D eigenvalue weighted by atomic mass is 10.0. The fourth-order valence-electron chi connectivity index (χ4n) is 2.28. The molecule has 0 radical (unpaired) electrons. The normalized spacial score (nSPS) is 12.7. The second kappa shape index (κ2) is 8.30. The first-order valence-electron chi connectivity index (χ1n) is 7.26. The maximum absolute atomic E-state index is 8.93. The molecule has 2 rings (SSSR count). The predicted octanol–water partition coefficient (Wildman–Crippen LogP) is 3.61. The van der Waals surface area contributed by atoms with Crippen molar-refractivity contribution in [2.45, 2.75) is 19.4 Å². The summed E-state index contributed by atoms with van der Waals surface area (Å²) in [5.74, 6) is 1.80. The largest absolute Gasteiger partial charge is 0.396 e. The van der Waals surface area contributed by atoms with Gasteiger partial charge in [-0.1, -0.05) is 43.3 Å². The van der Waals surface area contributed by atoms with Crippen molar-refractivity contribution in [1.82, 2.24) is 5.32 Å². The van der Waals surface area contributed by atoms with E-state index < -0.39 is 0 Å². The van der Waals surface area contributed by atoms with Crippen LogP contribution in [0.2, 0.25) is 0 Å². The molecule has 0 aliphatic rings. The van der Waals surface area contributed by atoms with Gasteiger partial charge in [-0.3, -0.25) is 0 Å². The number of benzene rings is 2. The number of fused-ring (bicyclic) bond motifs is 1. The van der Waals surface area contributed by atoms with E-state index in [9.17, 15) is 0 Å². The van der Waals surface area contributed by atoms with Gasteiger partial charge >= 0.3 is 0 Å². The van der Waals surface area contributed by atoms with E-state index in [1.807, 2.05) is 0 Å². The molecule has 0 aliphatic carbocycles. The van der Waals surface area contributed by atoms with Gasteiger partial charge < -0.3 is 10.4 Å². The number of nitrogens with one attached hydrogen (secondary N) is 1. The van der Waals surface area contributed by atoms with Crippen molar-refractivity contribution in [3.05, 3.63) is 48.0 Å². The summed E-state index contributed by atoms with van der Waals surface area (Å²) in [5.41, 5.74) is 1.34. The summed E-state index contributed by atoms with van der Waals surface area (Å²) in [4.78, 5) is 0. The van der Waals surface area contributed by atoms with E-state index in [-0.39, 0.29) is 6.61 Å². The summed E-state index contributed by atoms with van der Waals surface area (Å²) in [5, 5.41) is 15.1. The molecule has 2 aromatic rings. The van der Waals surface area contributed by atoms with Crippen LogP contribution in [0.25, 0.3) is 10.8 Å². The highest BCUT2D eigenvalue weighted by molar-refractivity contribution is 7.99. The van der Waals surface area contributed by atoms with Crippen molar-refractivity contribution in [1.29, 1.82) is 0 Å². The molecule has 0 spiro atoms. The molecule has 0 heterocycles. The van der Waals surface area contributed by atoms with Gasteiger partial charge in [0.25, 0.3) is 0 Å². The predicted molar refractivity (Wildman–Crippen MR) is 89.4 cm³/mol. The molecular weight excluding hydrogens is 266 g/mol. The molecule has 0 saturated heterocycles. The third kappa shape index (κ3) is 4.23. The quantitative estimate of drug-likeness (QED) is 0.728. The highest BCUT2D eigenvalue weighted by Gasteiger charge is 2.11. The zero-order valence-electron chi connectivity index (χ0n) is 12.0. The van der Waals surface area contributed by atoms with Crippen LogP contribution in [-0.2, 0) is 0 Å². The van der Waals surface area contributed by atoms with Gasteiger partial charge in [0.05, 0.1) is 6.61 Å². The van der Waals surface area contributed by atoms with Crippen LogP contribution in [-0.4, -0.2) is 29.8 Å². The van der Waals surface area contributed by atoms with Crippen molar-refractivity contribution < 1.29 is 5.11 Å². The Morgan fingerprint density at radius 1 is 1.15 bits per heavy atom. The standard InChI is InChI=1S/C17H23NOS/c1-2-9-18-17(13-20-11-10-19)16-8-7-14-5-3-4-6-15(14)12-16/h3-8,12,17-19H,2,9-11,13H2,1H3. The van der Waals surface area contributed by atoms with Gasteiger partial charge in [-0.25, -0.2) is 0 Å². The van der Waals surface area contributed by atoms with E-state index >= 15 is 0 Å². The Balaban J connectivity index is 2.15. The molecule has 1 atom stereocenters. The number of thioether (sulfide) groups is 1. The van der Waals surface area contributed by atoms with Crippen LogP contribution >= 0.6 is 11.8 Å². The van der Waals surface area contributed by atoms with Crippen molar-refractivity contribution in [3.63, 3.8) is 0 Å². The van der Waals surface area contributed by atoms with Crippen LogP contribution in [0.3, 0.4) is 0 Å².